The van der Waals surface area contributed by atoms with Gasteiger partial charge in [0, 0.05) is 58.0 Å². The second-order valence-electron chi connectivity index (χ2n) is 12.1. The van der Waals surface area contributed by atoms with E-state index >= 15 is 0 Å². The fraction of sp³-hybridized carbons (Fsp3) is 0.100. The van der Waals surface area contributed by atoms with Gasteiger partial charge in [0.15, 0.2) is 0 Å². The highest BCUT2D eigenvalue weighted by Gasteiger charge is 2.17. The minimum absolute atomic E-state index is 0.0488. The summed E-state index contributed by atoms with van der Waals surface area (Å²) in [5.74, 6) is -3.83. The summed E-state index contributed by atoms with van der Waals surface area (Å²) in [7, 11) is 0. The number of nitrogens with zero attached hydrogens (tertiary/aromatic N) is 2. The average Bonchev–Trinajstić information content (AvgIpc) is 3.15. The van der Waals surface area contributed by atoms with Crippen molar-refractivity contribution < 1.29 is 36.6 Å². The number of amides is 2. The van der Waals surface area contributed by atoms with Gasteiger partial charge in [0.2, 0.25) is 11.8 Å². The van der Waals surface area contributed by atoms with Crippen LogP contribution >= 0.6 is 27.5 Å². The maximum absolute atomic E-state index is 13.8. The van der Waals surface area contributed by atoms with Crippen LogP contribution < -0.4 is 32.1 Å². The molecule has 0 saturated heterocycles. The summed E-state index contributed by atoms with van der Waals surface area (Å²) >= 11 is 9.31. The Hall–Kier alpha value is -6.19. The molecule has 0 bridgehead atoms. The summed E-state index contributed by atoms with van der Waals surface area (Å²) in [6, 6.07) is 20.3. The summed E-state index contributed by atoms with van der Waals surface area (Å²) in [5.41, 5.74) is 12.6. The molecule has 6 aromatic rings. The molecule has 6 rings (SSSR count). The average molecular weight is 854 g/mol. The molecule has 0 unspecified atom stereocenters. The summed E-state index contributed by atoms with van der Waals surface area (Å²) in [4.78, 5) is 48.3. The van der Waals surface area contributed by atoms with Gasteiger partial charge in [-0.1, -0.05) is 23.7 Å². The van der Waals surface area contributed by atoms with Crippen LogP contribution in [0, 0.1) is 37.1 Å². The van der Waals surface area contributed by atoms with Crippen LogP contribution in [0.5, 0.6) is 11.5 Å². The molecule has 4 aromatic carbocycles. The highest BCUT2D eigenvalue weighted by atomic mass is 79.9. The van der Waals surface area contributed by atoms with Crippen LogP contribution in [0.4, 0.5) is 17.6 Å². The zero-order chi connectivity index (χ0) is 40.8. The van der Waals surface area contributed by atoms with E-state index < -0.39 is 46.2 Å². The van der Waals surface area contributed by atoms with E-state index in [1.54, 1.807) is 43.3 Å². The molecule has 0 atom stereocenters. The number of hydrogen-bond donors (Lipinski definition) is 2. The second-order valence-corrected chi connectivity index (χ2v) is 13.3. The van der Waals surface area contributed by atoms with Crippen molar-refractivity contribution in [2.75, 3.05) is 0 Å². The van der Waals surface area contributed by atoms with Crippen molar-refractivity contribution in [3.05, 3.63) is 184 Å². The first-order chi connectivity index (χ1) is 26.5. The van der Waals surface area contributed by atoms with Crippen LogP contribution in [0.2, 0.25) is 5.02 Å². The first kappa shape index (κ1) is 41.0. The lowest BCUT2D eigenvalue weighted by molar-refractivity contribution is 0.0992. The molecule has 0 aliphatic rings. The van der Waals surface area contributed by atoms with Crippen molar-refractivity contribution in [1.29, 1.82) is 0 Å². The van der Waals surface area contributed by atoms with Gasteiger partial charge in [-0.05, 0) is 96.0 Å². The molecule has 2 heterocycles. The Morgan fingerprint density at radius 2 is 1.29 bits per heavy atom. The molecule has 4 N–H and O–H groups in total. The number of rotatable bonds is 10. The van der Waals surface area contributed by atoms with E-state index in [2.05, 4.69) is 15.9 Å². The molecule has 10 nitrogen and oxygen atoms in total. The van der Waals surface area contributed by atoms with Gasteiger partial charge in [0.25, 0.3) is 11.1 Å². The summed E-state index contributed by atoms with van der Waals surface area (Å²) in [5, 5.41) is -0.218. The Morgan fingerprint density at radius 1 is 0.714 bits per heavy atom. The fourth-order valence-corrected chi connectivity index (χ4v) is 5.91. The van der Waals surface area contributed by atoms with Gasteiger partial charge in [-0.15, -0.1) is 0 Å². The van der Waals surface area contributed by atoms with E-state index in [4.69, 9.17) is 32.5 Å². The summed E-state index contributed by atoms with van der Waals surface area (Å²) in [6.07, 6.45) is 1.41. The predicted molar refractivity (Wildman–Crippen MR) is 205 cm³/mol. The van der Waals surface area contributed by atoms with Crippen LogP contribution in [0.3, 0.4) is 0 Å². The maximum atomic E-state index is 13.8. The predicted octanol–water partition coefficient (Wildman–Crippen LogP) is 7.62. The zero-order valence-electron chi connectivity index (χ0n) is 29.4. The van der Waals surface area contributed by atoms with Crippen LogP contribution in [0.15, 0.2) is 111 Å². The number of ether oxygens (including phenoxy) is 2. The minimum atomic E-state index is -0.761. The van der Waals surface area contributed by atoms with Gasteiger partial charge in [0.1, 0.15) is 57.5 Å². The Labute approximate surface area is 329 Å². The standard InChI is InChI=1S/C21H17BrF2N2O3.C19H13ClF2N2O3/c1-11-3-4-13(20(25)27)8-17(11)26-12(2)7-18(19(22)21(26)28)29-10-14-5-6-15(23)9-16(14)24;20-17-16(27-10-12-4-5-13(21)9-15(12)22)6-7-24(19(17)26)14-3-1-2-11(8-14)18(23)25/h3-9H,10H2,1-2H3,(H2,25,27);1-9H,10H2,(H2,23,25). The Balaban J connectivity index is 0.000000215. The smallest absolute Gasteiger partial charge is 0.277 e. The summed E-state index contributed by atoms with van der Waals surface area (Å²) in [6.45, 7) is 3.10. The van der Waals surface area contributed by atoms with Gasteiger partial charge >= 0.3 is 0 Å². The maximum Gasteiger partial charge on any atom is 0.277 e. The lowest BCUT2D eigenvalue weighted by Crippen LogP contribution is -2.23. The number of aromatic nitrogens is 2. The number of benzene rings is 4. The van der Waals surface area contributed by atoms with E-state index in [1.165, 1.54) is 45.7 Å². The molecule has 56 heavy (non-hydrogen) atoms. The quantitative estimate of drug-likeness (QED) is 0.136. The van der Waals surface area contributed by atoms with Crippen molar-refractivity contribution >= 4 is 39.3 Å². The molecule has 2 amide bonds. The first-order valence-corrected chi connectivity index (χ1v) is 17.5. The Kier molecular flexibility index (Phi) is 12.8. The third kappa shape index (κ3) is 9.36. The topological polar surface area (TPSA) is 149 Å². The number of hydrogen-bond acceptors (Lipinski definition) is 6. The number of aryl methyl sites for hydroxylation is 2. The van der Waals surface area contributed by atoms with Gasteiger partial charge in [-0.25, -0.2) is 17.6 Å². The molecule has 0 aliphatic heterocycles. The lowest BCUT2D eigenvalue weighted by atomic mass is 10.1. The molecule has 288 valence electrons. The Bertz CT molecular complexity index is 2620. The van der Waals surface area contributed by atoms with Crippen LogP contribution in [-0.4, -0.2) is 20.9 Å². The van der Waals surface area contributed by atoms with Crippen molar-refractivity contribution in [2.45, 2.75) is 27.1 Å². The largest absolute Gasteiger partial charge is 0.487 e. The van der Waals surface area contributed by atoms with E-state index in [1.807, 2.05) is 6.92 Å². The van der Waals surface area contributed by atoms with Crippen LogP contribution in [0.1, 0.15) is 43.1 Å². The highest BCUT2D eigenvalue weighted by Crippen LogP contribution is 2.27. The van der Waals surface area contributed by atoms with E-state index in [0.29, 0.717) is 17.1 Å². The Morgan fingerprint density at radius 3 is 1.86 bits per heavy atom. The van der Waals surface area contributed by atoms with Gasteiger partial charge in [0.05, 0.1) is 5.69 Å². The van der Waals surface area contributed by atoms with Crippen LogP contribution in [0.25, 0.3) is 11.4 Å². The van der Waals surface area contributed by atoms with Crippen LogP contribution in [-0.2, 0) is 13.2 Å². The van der Waals surface area contributed by atoms with Gasteiger partial charge in [-0.2, -0.15) is 0 Å². The number of carbonyl (C=O) groups excluding carboxylic acids is 2. The first-order valence-electron chi connectivity index (χ1n) is 16.3. The van der Waals surface area contributed by atoms with Gasteiger partial charge in [-0.3, -0.25) is 28.3 Å². The molecular formula is C40H30BrClF4N4O6. The molecule has 2 aromatic heterocycles. The van der Waals surface area contributed by atoms with Crippen molar-refractivity contribution in [3.63, 3.8) is 0 Å². The number of nitrogens with two attached hydrogens (primary N) is 2. The lowest BCUT2D eigenvalue weighted by Gasteiger charge is -2.17. The van der Waals surface area contributed by atoms with Gasteiger partial charge < -0.3 is 20.9 Å². The van der Waals surface area contributed by atoms with E-state index in [-0.39, 0.29) is 56.5 Å². The highest BCUT2D eigenvalue weighted by molar-refractivity contribution is 9.10. The second kappa shape index (κ2) is 17.5. The third-order valence-electron chi connectivity index (χ3n) is 8.24. The number of carbonyl (C=O) groups is 2. The molecule has 16 heteroatoms. The number of pyridine rings is 2. The van der Waals surface area contributed by atoms with Crippen molar-refractivity contribution in [2.24, 2.45) is 11.5 Å². The minimum Gasteiger partial charge on any atom is -0.487 e. The molecule has 0 radical (unpaired) electrons. The summed E-state index contributed by atoms with van der Waals surface area (Å²) < 4.78 is 67.2. The number of primary amides is 2. The SMILES string of the molecule is Cc1ccc(C(N)=O)cc1-n1c(C)cc(OCc2ccc(F)cc2F)c(Br)c1=O.NC(=O)c1cccc(-n2ccc(OCc3ccc(F)cc3F)c(Cl)c2=O)c1. The monoisotopic (exact) mass is 852 g/mol. The third-order valence-corrected chi connectivity index (χ3v) is 9.32. The molecule has 0 saturated carbocycles. The molecule has 0 aliphatic carbocycles. The van der Waals surface area contributed by atoms with E-state index in [0.717, 1.165) is 29.8 Å². The molecular weight excluding hydrogens is 824 g/mol. The number of halogens is 6. The van der Waals surface area contributed by atoms with Crippen molar-refractivity contribution in [3.8, 4) is 22.9 Å². The molecule has 0 spiro atoms. The normalized spacial score (nSPS) is 10.7. The molecule has 0 fully saturated rings. The fourth-order valence-electron chi connectivity index (χ4n) is 5.30. The van der Waals surface area contributed by atoms with Crippen molar-refractivity contribution in [1.82, 2.24) is 9.13 Å². The van der Waals surface area contributed by atoms with E-state index in [9.17, 15) is 36.7 Å². The zero-order valence-corrected chi connectivity index (χ0v) is 31.8.